The van der Waals surface area contributed by atoms with Crippen molar-refractivity contribution in [2.75, 3.05) is 6.54 Å². The summed E-state index contributed by atoms with van der Waals surface area (Å²) in [4.78, 5) is 18.7. The molecule has 0 radical (unpaired) electrons. The highest BCUT2D eigenvalue weighted by atomic mass is 35.5. The van der Waals surface area contributed by atoms with E-state index in [0.717, 1.165) is 0 Å². The summed E-state index contributed by atoms with van der Waals surface area (Å²) in [6.45, 7) is 6.71. The lowest BCUT2D eigenvalue weighted by molar-refractivity contribution is 0.0748. The van der Waals surface area contributed by atoms with Gasteiger partial charge in [-0.25, -0.2) is 17.8 Å². The molecule has 0 saturated heterocycles. The number of hydrogen-bond acceptors (Lipinski definition) is 4. The molecule has 6 nitrogen and oxygen atoms in total. The monoisotopic (exact) mass is 491 g/mol. The van der Waals surface area contributed by atoms with Crippen molar-refractivity contribution < 1.29 is 17.6 Å². The van der Waals surface area contributed by atoms with Crippen LogP contribution < -0.4 is 0 Å². The van der Waals surface area contributed by atoms with E-state index >= 15 is 0 Å². The molecule has 3 aromatic rings. The zero-order chi connectivity index (χ0) is 24.2. The molecule has 0 N–H and O–H groups in total. The van der Waals surface area contributed by atoms with Crippen LogP contribution in [0.4, 0.5) is 4.39 Å². The predicted octanol–water partition coefficient (Wildman–Crippen LogP) is 4.97. The molecule has 0 aliphatic rings. The Morgan fingerprint density at radius 1 is 1.18 bits per heavy atom. The number of halogens is 2. The zero-order valence-electron chi connectivity index (χ0n) is 18.8. The number of benzene rings is 2. The highest BCUT2D eigenvalue weighted by Gasteiger charge is 2.26. The highest BCUT2D eigenvalue weighted by Crippen LogP contribution is 2.22. The molecule has 3 rings (SSSR count). The molecule has 1 aromatic heterocycles. The van der Waals surface area contributed by atoms with Gasteiger partial charge < -0.3 is 9.47 Å². The van der Waals surface area contributed by atoms with Crippen LogP contribution in [0.15, 0.2) is 59.9 Å². The number of nitrogens with zero attached hydrogens (tertiary/aromatic N) is 3. The third kappa shape index (κ3) is 6.21. The second kappa shape index (κ2) is 10.5. The minimum atomic E-state index is -3.77. The molecule has 0 unspecified atom stereocenters. The molecule has 0 fully saturated rings. The lowest BCUT2D eigenvalue weighted by Gasteiger charge is -2.23. The van der Waals surface area contributed by atoms with E-state index < -0.39 is 15.7 Å². The van der Waals surface area contributed by atoms with E-state index in [-0.39, 0.29) is 34.8 Å². The van der Waals surface area contributed by atoms with E-state index in [9.17, 15) is 17.6 Å². The van der Waals surface area contributed by atoms with Gasteiger partial charge in [0, 0.05) is 23.7 Å². The number of sulfone groups is 1. The van der Waals surface area contributed by atoms with Crippen LogP contribution in [0.5, 0.6) is 0 Å². The second-order valence-corrected chi connectivity index (χ2v) is 10.6. The van der Waals surface area contributed by atoms with Crippen LogP contribution in [-0.2, 0) is 28.7 Å². The van der Waals surface area contributed by atoms with Gasteiger partial charge in [0.1, 0.15) is 5.82 Å². The number of imidazole rings is 1. The minimum absolute atomic E-state index is 0.0413. The first-order chi connectivity index (χ1) is 15.6. The first-order valence-electron chi connectivity index (χ1n) is 10.7. The second-order valence-electron chi connectivity index (χ2n) is 8.26. The molecule has 0 aliphatic heterocycles. The van der Waals surface area contributed by atoms with Gasteiger partial charge in [0.05, 0.1) is 24.2 Å². The molecule has 33 heavy (non-hydrogen) atoms. The fraction of sp³-hybridized carbons (Fsp3) is 0.333. The van der Waals surface area contributed by atoms with E-state index in [4.69, 9.17) is 11.6 Å². The Hall–Kier alpha value is -2.71. The maximum atomic E-state index is 13.6. The summed E-state index contributed by atoms with van der Waals surface area (Å²) >= 11 is 6.01. The topological polar surface area (TPSA) is 72.3 Å². The number of carbonyl (C=O) groups is 1. The molecule has 1 heterocycles. The summed E-state index contributed by atoms with van der Waals surface area (Å²) in [5, 5.41) is 0.420. The molecule has 9 heteroatoms. The molecule has 2 aromatic carbocycles. The van der Waals surface area contributed by atoms with Gasteiger partial charge in [-0.15, -0.1) is 0 Å². The smallest absolute Gasteiger partial charge is 0.254 e. The van der Waals surface area contributed by atoms with Crippen molar-refractivity contribution in [3.05, 3.63) is 82.4 Å². The van der Waals surface area contributed by atoms with Gasteiger partial charge in [-0.05, 0) is 48.7 Å². The van der Waals surface area contributed by atoms with Crippen LogP contribution in [0.3, 0.4) is 0 Å². The molecule has 0 atom stereocenters. The Kier molecular flexibility index (Phi) is 7.92. The standard InChI is InChI=1S/C24H27ClFN3O3S/c1-4-28(23(30)19-8-6-10-21(26)12-19)15-22-13-27-24(29(22)14-17(2)3)33(31,32)16-18-7-5-9-20(25)11-18/h5-13,17H,4,14-16H2,1-3H3. The third-order valence-electron chi connectivity index (χ3n) is 5.07. The fourth-order valence-electron chi connectivity index (χ4n) is 3.56. The first-order valence-corrected chi connectivity index (χ1v) is 12.7. The zero-order valence-corrected chi connectivity index (χ0v) is 20.4. The Balaban J connectivity index is 1.93. The van der Waals surface area contributed by atoms with E-state index in [0.29, 0.717) is 29.4 Å². The number of amides is 1. The lowest BCUT2D eigenvalue weighted by atomic mass is 10.2. The maximum Gasteiger partial charge on any atom is 0.254 e. The van der Waals surface area contributed by atoms with E-state index in [1.54, 1.807) is 34.9 Å². The van der Waals surface area contributed by atoms with Gasteiger partial charge in [0.2, 0.25) is 15.0 Å². The summed E-state index contributed by atoms with van der Waals surface area (Å²) in [6.07, 6.45) is 1.49. The number of carbonyl (C=O) groups excluding carboxylic acids is 1. The quantitative estimate of drug-likeness (QED) is 0.423. The average Bonchev–Trinajstić information content (AvgIpc) is 3.13. The third-order valence-corrected chi connectivity index (χ3v) is 6.90. The average molecular weight is 492 g/mol. The van der Waals surface area contributed by atoms with Crippen LogP contribution in [0.25, 0.3) is 0 Å². The highest BCUT2D eigenvalue weighted by molar-refractivity contribution is 7.90. The molecule has 1 amide bonds. The van der Waals surface area contributed by atoms with Crippen LogP contribution >= 0.6 is 11.6 Å². The molecule has 0 saturated carbocycles. The molecular formula is C24H27ClFN3O3S. The SMILES string of the molecule is CCN(Cc1cnc(S(=O)(=O)Cc2cccc(Cl)c2)n1CC(C)C)C(=O)c1cccc(F)c1. The normalized spacial score (nSPS) is 11.7. The summed E-state index contributed by atoms with van der Waals surface area (Å²) in [5.41, 5.74) is 1.40. The Labute approximate surface area is 198 Å². The molecular weight excluding hydrogens is 465 g/mol. The van der Waals surface area contributed by atoms with Crippen molar-refractivity contribution in [2.45, 2.75) is 44.8 Å². The van der Waals surface area contributed by atoms with Gasteiger partial charge in [-0.2, -0.15) is 0 Å². The first kappa shape index (κ1) is 24.9. The number of hydrogen-bond donors (Lipinski definition) is 0. The molecule has 0 spiro atoms. The summed E-state index contributed by atoms with van der Waals surface area (Å²) in [6, 6.07) is 12.2. The van der Waals surface area contributed by atoms with E-state index in [1.165, 1.54) is 29.3 Å². The summed E-state index contributed by atoms with van der Waals surface area (Å²) in [5.74, 6) is -0.914. The van der Waals surface area contributed by atoms with Gasteiger partial charge >= 0.3 is 0 Å². The van der Waals surface area contributed by atoms with Crippen molar-refractivity contribution >= 4 is 27.3 Å². The number of aromatic nitrogens is 2. The van der Waals surface area contributed by atoms with Crippen molar-refractivity contribution in [3.63, 3.8) is 0 Å². The predicted molar refractivity (Wildman–Crippen MR) is 126 cm³/mol. The molecule has 176 valence electrons. The molecule has 0 bridgehead atoms. The van der Waals surface area contributed by atoms with Crippen molar-refractivity contribution in [1.29, 1.82) is 0 Å². The van der Waals surface area contributed by atoms with Gasteiger partial charge in [0.25, 0.3) is 5.91 Å². The Morgan fingerprint density at radius 2 is 1.91 bits per heavy atom. The van der Waals surface area contributed by atoms with E-state index in [1.807, 2.05) is 20.8 Å². The number of rotatable bonds is 9. The lowest BCUT2D eigenvalue weighted by Crippen LogP contribution is -2.31. The minimum Gasteiger partial charge on any atom is -0.333 e. The largest absolute Gasteiger partial charge is 0.333 e. The van der Waals surface area contributed by atoms with Crippen molar-refractivity contribution in [3.8, 4) is 0 Å². The van der Waals surface area contributed by atoms with Crippen molar-refractivity contribution in [2.24, 2.45) is 5.92 Å². The van der Waals surface area contributed by atoms with Gasteiger partial charge in [0.15, 0.2) is 0 Å². The van der Waals surface area contributed by atoms with Gasteiger partial charge in [-0.3, -0.25) is 4.79 Å². The summed E-state index contributed by atoms with van der Waals surface area (Å²) in [7, 11) is -3.77. The fourth-order valence-corrected chi connectivity index (χ4v) is 5.27. The van der Waals surface area contributed by atoms with Crippen LogP contribution in [0.1, 0.15) is 42.4 Å². The summed E-state index contributed by atoms with van der Waals surface area (Å²) < 4.78 is 41.7. The van der Waals surface area contributed by atoms with Crippen LogP contribution in [0, 0.1) is 11.7 Å². The maximum absolute atomic E-state index is 13.6. The molecule has 0 aliphatic carbocycles. The Bertz CT molecular complexity index is 1240. The van der Waals surface area contributed by atoms with E-state index in [2.05, 4.69) is 4.98 Å². The van der Waals surface area contributed by atoms with Gasteiger partial charge in [-0.1, -0.05) is 43.6 Å². The van der Waals surface area contributed by atoms with Crippen LogP contribution in [-0.4, -0.2) is 35.3 Å². The van der Waals surface area contributed by atoms with Crippen molar-refractivity contribution in [1.82, 2.24) is 14.5 Å². The van der Waals surface area contributed by atoms with Crippen LogP contribution in [0.2, 0.25) is 5.02 Å². The Morgan fingerprint density at radius 3 is 2.55 bits per heavy atom.